The van der Waals surface area contributed by atoms with Crippen molar-refractivity contribution in [3.8, 4) is 11.5 Å². The Labute approximate surface area is 152 Å². The van der Waals surface area contributed by atoms with Crippen LogP contribution in [0.2, 0.25) is 0 Å². The van der Waals surface area contributed by atoms with E-state index in [9.17, 15) is 13.2 Å². The Kier molecular flexibility index (Phi) is 5.94. The highest BCUT2D eigenvalue weighted by atomic mass is 32.2. The first-order valence-electron chi connectivity index (χ1n) is 7.61. The summed E-state index contributed by atoms with van der Waals surface area (Å²) in [6.07, 6.45) is 0. The van der Waals surface area contributed by atoms with Crippen LogP contribution in [0.5, 0.6) is 11.5 Å². The van der Waals surface area contributed by atoms with Crippen LogP contribution in [0.25, 0.3) is 0 Å². The summed E-state index contributed by atoms with van der Waals surface area (Å²) in [5.41, 5.74) is 1.01. The van der Waals surface area contributed by atoms with E-state index in [0.717, 1.165) is 9.87 Å². The van der Waals surface area contributed by atoms with Crippen LogP contribution in [0.4, 0.5) is 0 Å². The summed E-state index contributed by atoms with van der Waals surface area (Å²) in [6.45, 7) is 1.60. The summed E-state index contributed by atoms with van der Waals surface area (Å²) in [6, 6.07) is 5.85. The molecule has 0 saturated heterocycles. The highest BCUT2D eigenvalue weighted by molar-refractivity contribution is 7.88. The van der Waals surface area contributed by atoms with Crippen LogP contribution in [0, 0.1) is 6.92 Å². The Hall–Kier alpha value is -2.52. The molecular weight excluding hydrogens is 362 g/mol. The Bertz CT molecular complexity index is 875. The van der Waals surface area contributed by atoms with Crippen LogP contribution in [-0.4, -0.2) is 47.0 Å². The molecule has 26 heavy (non-hydrogen) atoms. The van der Waals surface area contributed by atoms with Crippen LogP contribution >= 0.6 is 0 Å². The van der Waals surface area contributed by atoms with Crippen LogP contribution < -0.4 is 9.47 Å². The monoisotopic (exact) mass is 383 g/mol. The normalized spacial score (nSPS) is 11.5. The first kappa shape index (κ1) is 19.8. The van der Waals surface area contributed by atoms with Crippen molar-refractivity contribution in [2.75, 3.05) is 28.3 Å². The minimum absolute atomic E-state index is 0.208. The number of ether oxygens (including phenoxy) is 3. The predicted octanol–water partition coefficient (Wildman–Crippen LogP) is 2.21. The molecule has 0 aliphatic rings. The molecule has 8 nitrogen and oxygen atoms in total. The fraction of sp³-hybridized carbons (Fsp3) is 0.353. The van der Waals surface area contributed by atoms with Gasteiger partial charge in [0.25, 0.3) is 10.0 Å². The number of sulfonamides is 1. The lowest BCUT2D eigenvalue weighted by molar-refractivity contribution is 0.0440. The molecule has 0 N–H and O–H groups in total. The molecule has 0 atom stereocenters. The molecule has 0 amide bonds. The standard InChI is InChI=1S/C17H21NO7S/c1-11-14(22-4)8-12(9-15(11)23-5)17(19)24-10-13-6-7-16(25-13)26(20,21)18(2)3/h6-9H,10H2,1-5H3. The molecule has 142 valence electrons. The number of furan rings is 1. The predicted molar refractivity (Wildman–Crippen MR) is 93.0 cm³/mol. The summed E-state index contributed by atoms with van der Waals surface area (Å²) in [7, 11) is 2.11. The lowest BCUT2D eigenvalue weighted by Gasteiger charge is -2.12. The van der Waals surface area contributed by atoms with E-state index >= 15 is 0 Å². The maximum Gasteiger partial charge on any atom is 0.338 e. The van der Waals surface area contributed by atoms with Gasteiger partial charge in [-0.2, -0.15) is 0 Å². The van der Waals surface area contributed by atoms with Crippen molar-refractivity contribution in [3.63, 3.8) is 0 Å². The molecule has 1 heterocycles. The van der Waals surface area contributed by atoms with Crippen molar-refractivity contribution in [1.82, 2.24) is 4.31 Å². The third-order valence-corrected chi connectivity index (χ3v) is 5.39. The molecule has 0 bridgehead atoms. The second kappa shape index (κ2) is 7.79. The van der Waals surface area contributed by atoms with E-state index in [2.05, 4.69) is 0 Å². The van der Waals surface area contributed by atoms with E-state index in [0.29, 0.717) is 11.5 Å². The molecule has 0 radical (unpaired) electrons. The summed E-state index contributed by atoms with van der Waals surface area (Å²) in [4.78, 5) is 12.3. The van der Waals surface area contributed by atoms with Crippen molar-refractivity contribution in [1.29, 1.82) is 0 Å². The molecule has 0 unspecified atom stereocenters. The quantitative estimate of drug-likeness (QED) is 0.677. The molecule has 1 aromatic heterocycles. The SMILES string of the molecule is COc1cc(C(=O)OCc2ccc(S(=O)(=O)N(C)C)o2)cc(OC)c1C. The van der Waals surface area contributed by atoms with E-state index in [1.165, 1.54) is 40.4 Å². The van der Waals surface area contributed by atoms with Gasteiger partial charge in [-0.25, -0.2) is 17.5 Å². The maximum atomic E-state index is 12.3. The zero-order valence-corrected chi connectivity index (χ0v) is 16.0. The molecule has 2 rings (SSSR count). The van der Waals surface area contributed by atoms with Crippen molar-refractivity contribution < 1.29 is 31.8 Å². The van der Waals surface area contributed by atoms with Gasteiger partial charge < -0.3 is 18.6 Å². The Morgan fingerprint density at radius 1 is 1.12 bits per heavy atom. The first-order chi connectivity index (χ1) is 12.2. The van der Waals surface area contributed by atoms with Gasteiger partial charge in [0, 0.05) is 19.7 Å². The first-order valence-corrected chi connectivity index (χ1v) is 9.05. The summed E-state index contributed by atoms with van der Waals surface area (Å²) < 4.78 is 45.9. The topological polar surface area (TPSA) is 95.3 Å². The molecular formula is C17H21NO7S. The second-order valence-electron chi connectivity index (χ2n) is 5.59. The minimum atomic E-state index is -3.68. The number of nitrogens with zero attached hydrogens (tertiary/aromatic N) is 1. The maximum absolute atomic E-state index is 12.3. The number of hydrogen-bond acceptors (Lipinski definition) is 7. The zero-order valence-electron chi connectivity index (χ0n) is 15.2. The smallest absolute Gasteiger partial charge is 0.338 e. The molecule has 0 fully saturated rings. The highest BCUT2D eigenvalue weighted by Crippen LogP contribution is 2.30. The average Bonchev–Trinajstić information content (AvgIpc) is 3.09. The molecule has 0 saturated carbocycles. The molecule has 1 aromatic carbocycles. The van der Waals surface area contributed by atoms with Gasteiger partial charge in [0.1, 0.15) is 23.9 Å². The summed E-state index contributed by atoms with van der Waals surface area (Å²) in [5.74, 6) is 0.585. The Balaban J connectivity index is 2.14. The van der Waals surface area contributed by atoms with Gasteiger partial charge in [-0.15, -0.1) is 0 Å². The minimum Gasteiger partial charge on any atom is -0.496 e. The lowest BCUT2D eigenvalue weighted by atomic mass is 10.1. The van der Waals surface area contributed by atoms with Crippen LogP contribution in [0.3, 0.4) is 0 Å². The second-order valence-corrected chi connectivity index (χ2v) is 7.67. The molecule has 0 spiro atoms. The van der Waals surface area contributed by atoms with Crippen molar-refractivity contribution >= 4 is 16.0 Å². The Morgan fingerprint density at radius 2 is 1.69 bits per heavy atom. The van der Waals surface area contributed by atoms with Gasteiger partial charge in [-0.3, -0.25) is 0 Å². The number of carbonyl (C=O) groups excluding carboxylic acids is 1. The summed E-state index contributed by atoms with van der Waals surface area (Å²) >= 11 is 0. The van der Waals surface area contributed by atoms with Gasteiger partial charge in [0.05, 0.1) is 19.8 Å². The third-order valence-electron chi connectivity index (χ3n) is 3.71. The fourth-order valence-corrected chi connectivity index (χ4v) is 2.99. The number of carbonyl (C=O) groups is 1. The number of rotatable bonds is 7. The molecule has 0 aliphatic carbocycles. The summed E-state index contributed by atoms with van der Waals surface area (Å²) in [5, 5.41) is -0.216. The van der Waals surface area contributed by atoms with E-state index in [1.807, 2.05) is 6.92 Å². The van der Waals surface area contributed by atoms with Crippen LogP contribution in [-0.2, 0) is 21.4 Å². The van der Waals surface area contributed by atoms with Gasteiger partial charge in [-0.05, 0) is 31.2 Å². The van der Waals surface area contributed by atoms with Crippen LogP contribution in [0.1, 0.15) is 21.7 Å². The zero-order chi connectivity index (χ0) is 19.5. The average molecular weight is 383 g/mol. The largest absolute Gasteiger partial charge is 0.496 e. The van der Waals surface area contributed by atoms with Crippen molar-refractivity contribution in [2.24, 2.45) is 0 Å². The number of esters is 1. The molecule has 2 aromatic rings. The van der Waals surface area contributed by atoms with Gasteiger partial charge in [0.2, 0.25) is 5.09 Å². The lowest BCUT2D eigenvalue weighted by Crippen LogP contribution is -2.21. The molecule has 9 heteroatoms. The van der Waals surface area contributed by atoms with E-state index < -0.39 is 16.0 Å². The van der Waals surface area contributed by atoms with E-state index in [4.69, 9.17) is 18.6 Å². The number of methoxy groups -OCH3 is 2. The Morgan fingerprint density at radius 3 is 2.19 bits per heavy atom. The van der Waals surface area contributed by atoms with Gasteiger partial charge in [0.15, 0.2) is 0 Å². The fourth-order valence-electron chi connectivity index (χ4n) is 2.18. The van der Waals surface area contributed by atoms with Crippen LogP contribution in [0.15, 0.2) is 33.8 Å². The number of hydrogen-bond donors (Lipinski definition) is 0. The highest BCUT2D eigenvalue weighted by Gasteiger charge is 2.22. The molecule has 0 aliphatic heterocycles. The van der Waals surface area contributed by atoms with Crippen molar-refractivity contribution in [3.05, 3.63) is 41.2 Å². The third kappa shape index (κ3) is 4.00. The van der Waals surface area contributed by atoms with Gasteiger partial charge in [-0.1, -0.05) is 0 Å². The van der Waals surface area contributed by atoms with E-state index in [-0.39, 0.29) is 23.0 Å². The van der Waals surface area contributed by atoms with Gasteiger partial charge >= 0.3 is 5.97 Å². The van der Waals surface area contributed by atoms with E-state index in [1.54, 1.807) is 12.1 Å². The number of benzene rings is 1. The van der Waals surface area contributed by atoms with Crippen molar-refractivity contribution in [2.45, 2.75) is 18.6 Å².